The maximum atomic E-state index is 13.3. The molecule has 4 rings (SSSR count). The zero-order valence-corrected chi connectivity index (χ0v) is 17.5. The third-order valence-electron chi connectivity index (χ3n) is 5.60. The first-order chi connectivity index (χ1) is 15.0. The monoisotopic (exact) mass is 444 g/mol. The van der Waals surface area contributed by atoms with E-state index >= 15 is 0 Å². The topological polar surface area (TPSA) is 70.1 Å². The van der Waals surface area contributed by atoms with E-state index in [9.17, 15) is 19.1 Å². The highest BCUT2D eigenvalue weighted by molar-refractivity contribution is 6.46. The van der Waals surface area contributed by atoms with Gasteiger partial charge in [-0.25, -0.2) is 4.39 Å². The van der Waals surface area contributed by atoms with E-state index < -0.39 is 23.5 Å². The lowest BCUT2D eigenvalue weighted by Gasteiger charge is -2.31. The van der Waals surface area contributed by atoms with Gasteiger partial charge in [-0.1, -0.05) is 23.7 Å². The Morgan fingerprint density at radius 3 is 2.32 bits per heavy atom. The van der Waals surface area contributed by atoms with Crippen LogP contribution in [0.3, 0.4) is 0 Å². The smallest absolute Gasteiger partial charge is 0.295 e. The van der Waals surface area contributed by atoms with E-state index in [1.807, 2.05) is 0 Å². The number of hydrogen-bond donors (Lipinski definition) is 1. The number of ether oxygens (including phenoxy) is 1. The van der Waals surface area contributed by atoms with Gasteiger partial charge in [0.2, 0.25) is 0 Å². The summed E-state index contributed by atoms with van der Waals surface area (Å²) in [6.07, 6.45) is 0. The molecule has 0 saturated carbocycles. The van der Waals surface area contributed by atoms with Gasteiger partial charge in [0, 0.05) is 36.8 Å². The van der Waals surface area contributed by atoms with Gasteiger partial charge in [-0.15, -0.1) is 0 Å². The highest BCUT2D eigenvalue weighted by Crippen LogP contribution is 2.39. The summed E-state index contributed by atoms with van der Waals surface area (Å²) in [5.74, 6) is -2.22. The lowest BCUT2D eigenvalue weighted by molar-refractivity contribution is -0.140. The van der Waals surface area contributed by atoms with Crippen LogP contribution in [0.25, 0.3) is 5.76 Å². The first-order valence-corrected chi connectivity index (χ1v) is 10.4. The average molecular weight is 445 g/mol. The van der Waals surface area contributed by atoms with Crippen molar-refractivity contribution in [2.24, 2.45) is 0 Å². The maximum Gasteiger partial charge on any atom is 0.295 e. The van der Waals surface area contributed by atoms with Crippen LogP contribution in [0.15, 0.2) is 54.1 Å². The number of halogens is 2. The number of ketones is 1. The van der Waals surface area contributed by atoms with Crippen LogP contribution in [0, 0.1) is 5.82 Å². The zero-order chi connectivity index (χ0) is 22.0. The van der Waals surface area contributed by atoms with Gasteiger partial charge in [0.1, 0.15) is 11.6 Å². The Labute approximate surface area is 184 Å². The second kappa shape index (κ2) is 9.18. The molecule has 2 aliphatic rings. The number of benzene rings is 2. The molecule has 1 amide bonds. The molecule has 2 heterocycles. The third-order valence-corrected chi connectivity index (χ3v) is 5.86. The minimum atomic E-state index is -0.761. The Hall–Kier alpha value is -2.74. The Balaban J connectivity index is 1.72. The van der Waals surface area contributed by atoms with E-state index in [1.54, 1.807) is 24.3 Å². The van der Waals surface area contributed by atoms with Gasteiger partial charge in [-0.05, 0) is 42.0 Å². The molecular weight excluding hydrogens is 423 g/mol. The predicted octanol–water partition coefficient (Wildman–Crippen LogP) is 3.23. The molecule has 0 radical (unpaired) electrons. The van der Waals surface area contributed by atoms with Gasteiger partial charge >= 0.3 is 0 Å². The SMILES string of the molecule is O=C1C(=O)N(CCN2CCOCC2)C(c2ccc(Cl)cc2)/C1=C(\O)c1ccc(F)cc1. The van der Waals surface area contributed by atoms with Gasteiger partial charge in [-0.3, -0.25) is 14.5 Å². The third kappa shape index (κ3) is 4.49. The Morgan fingerprint density at radius 1 is 1.03 bits per heavy atom. The summed E-state index contributed by atoms with van der Waals surface area (Å²) in [4.78, 5) is 29.5. The zero-order valence-electron chi connectivity index (χ0n) is 16.8. The molecule has 2 aromatic carbocycles. The first-order valence-electron chi connectivity index (χ1n) is 10.1. The highest BCUT2D eigenvalue weighted by Gasteiger charge is 2.46. The first kappa shape index (κ1) is 21.5. The average Bonchev–Trinajstić information content (AvgIpc) is 3.04. The number of nitrogens with zero attached hydrogens (tertiary/aromatic N) is 2. The molecule has 0 aromatic heterocycles. The molecule has 2 saturated heterocycles. The second-order valence-electron chi connectivity index (χ2n) is 7.50. The molecule has 8 heteroatoms. The predicted molar refractivity (Wildman–Crippen MR) is 114 cm³/mol. The van der Waals surface area contributed by atoms with Crippen LogP contribution in [-0.2, 0) is 14.3 Å². The van der Waals surface area contributed by atoms with Crippen molar-refractivity contribution in [1.29, 1.82) is 0 Å². The number of rotatable bonds is 5. The normalized spacial score (nSPS) is 21.6. The number of morpholine rings is 1. The number of aliphatic hydroxyl groups is 1. The van der Waals surface area contributed by atoms with E-state index in [2.05, 4.69) is 4.90 Å². The van der Waals surface area contributed by atoms with Crippen LogP contribution < -0.4 is 0 Å². The minimum absolute atomic E-state index is 0.0130. The van der Waals surface area contributed by atoms with Crippen LogP contribution in [0.2, 0.25) is 5.02 Å². The minimum Gasteiger partial charge on any atom is -0.507 e. The number of aliphatic hydroxyl groups excluding tert-OH is 1. The molecule has 0 aliphatic carbocycles. The Bertz CT molecular complexity index is 1000. The van der Waals surface area contributed by atoms with Crippen molar-refractivity contribution in [3.63, 3.8) is 0 Å². The van der Waals surface area contributed by atoms with E-state index in [-0.39, 0.29) is 16.9 Å². The van der Waals surface area contributed by atoms with Gasteiger partial charge in [0.05, 0.1) is 24.8 Å². The number of carbonyl (C=O) groups excluding carboxylic acids is 2. The molecule has 1 unspecified atom stereocenters. The second-order valence-corrected chi connectivity index (χ2v) is 7.94. The molecule has 31 heavy (non-hydrogen) atoms. The van der Waals surface area contributed by atoms with Crippen LogP contribution in [-0.4, -0.2) is 66.0 Å². The molecule has 2 fully saturated rings. The van der Waals surface area contributed by atoms with Crippen molar-refractivity contribution < 1.29 is 23.8 Å². The fourth-order valence-corrected chi connectivity index (χ4v) is 4.07. The molecule has 1 atom stereocenters. The number of amides is 1. The van der Waals surface area contributed by atoms with E-state index in [0.717, 1.165) is 13.1 Å². The Morgan fingerprint density at radius 2 is 1.68 bits per heavy atom. The fourth-order valence-electron chi connectivity index (χ4n) is 3.94. The van der Waals surface area contributed by atoms with E-state index in [0.29, 0.717) is 36.9 Å². The number of carbonyl (C=O) groups is 2. The van der Waals surface area contributed by atoms with Gasteiger partial charge in [-0.2, -0.15) is 0 Å². The molecule has 2 aromatic rings. The Kier molecular flexibility index (Phi) is 6.36. The molecule has 0 bridgehead atoms. The lowest BCUT2D eigenvalue weighted by Crippen LogP contribution is -2.42. The van der Waals surface area contributed by atoms with Gasteiger partial charge in [0.15, 0.2) is 0 Å². The summed E-state index contributed by atoms with van der Waals surface area (Å²) >= 11 is 6.02. The highest BCUT2D eigenvalue weighted by atomic mass is 35.5. The standard InChI is InChI=1S/C23H22ClFN2O4/c24-17-5-1-15(2-6-17)20-19(21(28)16-3-7-18(25)8-4-16)22(29)23(30)27(20)10-9-26-11-13-31-14-12-26/h1-8,20,28H,9-14H2/b21-19+. The van der Waals surface area contributed by atoms with Gasteiger partial charge < -0.3 is 14.7 Å². The molecule has 6 nitrogen and oxygen atoms in total. The van der Waals surface area contributed by atoms with Crippen LogP contribution in [0.5, 0.6) is 0 Å². The summed E-state index contributed by atoms with van der Waals surface area (Å²) in [5.41, 5.74) is 0.918. The van der Waals surface area contributed by atoms with Crippen LogP contribution in [0.1, 0.15) is 17.2 Å². The fraction of sp³-hybridized carbons (Fsp3) is 0.304. The van der Waals surface area contributed by atoms with Crippen molar-refractivity contribution in [1.82, 2.24) is 9.80 Å². The summed E-state index contributed by atoms with van der Waals surface area (Å²) < 4.78 is 18.7. The molecule has 2 aliphatic heterocycles. The van der Waals surface area contributed by atoms with Crippen LogP contribution >= 0.6 is 11.6 Å². The van der Waals surface area contributed by atoms with Crippen molar-refractivity contribution in [3.05, 3.63) is 76.1 Å². The van der Waals surface area contributed by atoms with Crippen molar-refractivity contribution >= 4 is 29.1 Å². The lowest BCUT2D eigenvalue weighted by atomic mass is 9.95. The molecule has 1 N–H and O–H groups in total. The van der Waals surface area contributed by atoms with Crippen LogP contribution in [0.4, 0.5) is 4.39 Å². The molecule has 162 valence electrons. The summed E-state index contributed by atoms with van der Waals surface area (Å²) in [5, 5.41) is 11.4. The maximum absolute atomic E-state index is 13.3. The van der Waals surface area contributed by atoms with Crippen molar-refractivity contribution in [2.45, 2.75) is 6.04 Å². The number of hydrogen-bond acceptors (Lipinski definition) is 5. The molecular formula is C23H22ClFN2O4. The van der Waals surface area contributed by atoms with E-state index in [4.69, 9.17) is 16.3 Å². The number of Topliss-reactive ketones (excluding diaryl/α,β-unsaturated/α-hetero) is 1. The van der Waals surface area contributed by atoms with E-state index in [1.165, 1.54) is 29.2 Å². The van der Waals surface area contributed by atoms with Gasteiger partial charge in [0.25, 0.3) is 11.7 Å². The van der Waals surface area contributed by atoms with Crippen molar-refractivity contribution in [2.75, 3.05) is 39.4 Å². The van der Waals surface area contributed by atoms with Crippen molar-refractivity contribution in [3.8, 4) is 0 Å². The summed E-state index contributed by atoms with van der Waals surface area (Å²) in [7, 11) is 0. The largest absolute Gasteiger partial charge is 0.507 e. The summed E-state index contributed by atoms with van der Waals surface area (Å²) in [6.45, 7) is 3.67. The number of likely N-dealkylation sites (tertiary alicyclic amines) is 1. The summed E-state index contributed by atoms with van der Waals surface area (Å²) in [6, 6.07) is 11.2. The molecule has 0 spiro atoms. The quantitative estimate of drug-likeness (QED) is 0.435.